The van der Waals surface area contributed by atoms with Crippen LogP contribution in [-0.4, -0.2) is 46.3 Å². The van der Waals surface area contributed by atoms with Crippen LogP contribution in [0.5, 0.6) is 5.75 Å². The average molecular weight is 429 g/mol. The number of hydrogen-bond acceptors (Lipinski definition) is 6. The molecule has 158 valence electrons. The smallest absolute Gasteiger partial charge is 0.328 e. The number of aromatic nitrogens is 1. The molecule has 0 radical (unpaired) electrons. The zero-order valence-corrected chi connectivity index (χ0v) is 18.4. The summed E-state index contributed by atoms with van der Waals surface area (Å²) in [6, 6.07) is 8.77. The summed E-state index contributed by atoms with van der Waals surface area (Å²) >= 11 is 0.825. The van der Waals surface area contributed by atoms with Crippen LogP contribution < -0.4 is 4.74 Å². The first-order valence-electron chi connectivity index (χ1n) is 9.55. The SMILES string of the molecule is CCOc1ccc(-n2c(C)cc(/C=C3\SC(=O)N([C@H](C)C(=O)OC)C3=O)c2C)cc1. The molecule has 2 aromatic rings. The van der Waals surface area contributed by atoms with Crippen molar-refractivity contribution in [3.8, 4) is 11.4 Å². The summed E-state index contributed by atoms with van der Waals surface area (Å²) in [4.78, 5) is 38.0. The van der Waals surface area contributed by atoms with Crippen molar-refractivity contribution in [1.82, 2.24) is 9.47 Å². The number of carbonyl (C=O) groups excluding carboxylic acids is 3. The number of thioether (sulfide) groups is 1. The second kappa shape index (κ2) is 8.79. The van der Waals surface area contributed by atoms with E-state index in [1.165, 1.54) is 14.0 Å². The van der Waals surface area contributed by atoms with Crippen molar-refractivity contribution < 1.29 is 23.9 Å². The van der Waals surface area contributed by atoms with E-state index >= 15 is 0 Å². The normalized spacial score (nSPS) is 16.3. The summed E-state index contributed by atoms with van der Waals surface area (Å²) in [5.41, 5.74) is 3.73. The number of esters is 1. The third kappa shape index (κ3) is 4.00. The number of aryl methyl sites for hydroxylation is 1. The first-order chi connectivity index (χ1) is 14.3. The Bertz CT molecular complexity index is 1020. The van der Waals surface area contributed by atoms with Gasteiger partial charge in [-0.25, -0.2) is 4.79 Å². The molecule has 2 amide bonds. The number of benzene rings is 1. The number of imide groups is 1. The molecule has 1 aromatic carbocycles. The maximum atomic E-state index is 12.7. The van der Waals surface area contributed by atoms with Crippen molar-refractivity contribution in [2.24, 2.45) is 0 Å². The minimum atomic E-state index is -0.968. The molecular weight excluding hydrogens is 404 g/mol. The van der Waals surface area contributed by atoms with Crippen molar-refractivity contribution in [2.75, 3.05) is 13.7 Å². The lowest BCUT2D eigenvalue weighted by Gasteiger charge is -2.18. The van der Waals surface area contributed by atoms with Crippen LogP contribution in [0.2, 0.25) is 0 Å². The van der Waals surface area contributed by atoms with Gasteiger partial charge in [0.05, 0.1) is 18.6 Å². The van der Waals surface area contributed by atoms with E-state index in [1.54, 1.807) is 6.08 Å². The van der Waals surface area contributed by atoms with Crippen molar-refractivity contribution in [3.63, 3.8) is 0 Å². The summed E-state index contributed by atoms with van der Waals surface area (Å²) in [6.07, 6.45) is 1.70. The molecule has 8 heteroatoms. The maximum absolute atomic E-state index is 12.7. The molecule has 0 aliphatic carbocycles. The average Bonchev–Trinajstić information content (AvgIpc) is 3.16. The molecule has 1 fully saturated rings. The van der Waals surface area contributed by atoms with Gasteiger partial charge >= 0.3 is 5.97 Å². The number of ether oxygens (including phenoxy) is 2. The number of rotatable bonds is 6. The fraction of sp³-hybridized carbons (Fsp3) is 0.318. The lowest BCUT2D eigenvalue weighted by molar-refractivity contribution is -0.148. The molecule has 3 rings (SSSR count). The van der Waals surface area contributed by atoms with E-state index in [2.05, 4.69) is 9.30 Å². The Hall–Kier alpha value is -3.00. The topological polar surface area (TPSA) is 77.8 Å². The fourth-order valence-corrected chi connectivity index (χ4v) is 4.32. The molecule has 7 nitrogen and oxygen atoms in total. The van der Waals surface area contributed by atoms with Crippen LogP contribution in [-0.2, 0) is 14.3 Å². The molecule has 1 saturated heterocycles. The van der Waals surface area contributed by atoms with Crippen molar-refractivity contribution in [3.05, 3.63) is 52.2 Å². The molecule has 2 heterocycles. The van der Waals surface area contributed by atoms with E-state index < -0.39 is 23.2 Å². The van der Waals surface area contributed by atoms with Gasteiger partial charge < -0.3 is 14.0 Å². The van der Waals surface area contributed by atoms with Crippen molar-refractivity contribution >= 4 is 35.0 Å². The second-order valence-electron chi connectivity index (χ2n) is 6.84. The third-order valence-corrected chi connectivity index (χ3v) is 5.80. The van der Waals surface area contributed by atoms with E-state index in [0.29, 0.717) is 6.61 Å². The molecule has 0 N–H and O–H groups in total. The molecule has 0 bridgehead atoms. The predicted octanol–water partition coefficient (Wildman–Crippen LogP) is 4.09. The first-order valence-corrected chi connectivity index (χ1v) is 10.4. The number of nitrogens with zero attached hydrogens (tertiary/aromatic N) is 2. The number of hydrogen-bond donors (Lipinski definition) is 0. The van der Waals surface area contributed by atoms with Crippen LogP contribution in [0.25, 0.3) is 11.8 Å². The van der Waals surface area contributed by atoms with Gasteiger partial charge in [0.25, 0.3) is 11.1 Å². The fourth-order valence-electron chi connectivity index (χ4n) is 3.42. The zero-order valence-electron chi connectivity index (χ0n) is 17.6. The molecule has 1 atom stereocenters. The Balaban J connectivity index is 1.92. The van der Waals surface area contributed by atoms with Gasteiger partial charge in [0.15, 0.2) is 0 Å². The Kier molecular flexibility index (Phi) is 6.36. The van der Waals surface area contributed by atoms with Crippen molar-refractivity contribution in [2.45, 2.75) is 33.7 Å². The number of methoxy groups -OCH3 is 1. The van der Waals surface area contributed by atoms with Crippen LogP contribution in [0, 0.1) is 13.8 Å². The van der Waals surface area contributed by atoms with Crippen molar-refractivity contribution in [1.29, 1.82) is 0 Å². The summed E-state index contributed by atoms with van der Waals surface area (Å²) in [7, 11) is 1.23. The summed E-state index contributed by atoms with van der Waals surface area (Å²) < 4.78 is 12.2. The van der Waals surface area contributed by atoms with Crippen LogP contribution in [0.4, 0.5) is 4.79 Å². The van der Waals surface area contributed by atoms with E-state index in [1.807, 2.05) is 51.1 Å². The molecule has 0 spiro atoms. The van der Waals surface area contributed by atoms with E-state index in [0.717, 1.165) is 45.1 Å². The molecule has 1 aliphatic heterocycles. The van der Waals surface area contributed by atoms with Gasteiger partial charge in [-0.2, -0.15) is 0 Å². The first kappa shape index (κ1) is 21.7. The standard InChI is InChI=1S/C22H24N2O5S/c1-6-29-18-9-7-17(8-10-18)23-13(2)11-16(14(23)3)12-19-20(25)24(22(27)30-19)15(4)21(26)28-5/h7-12,15H,6H2,1-5H3/b19-12-/t15-/m1/s1. The van der Waals surface area contributed by atoms with Gasteiger partial charge in [0, 0.05) is 17.1 Å². The molecule has 1 aliphatic rings. The summed E-state index contributed by atoms with van der Waals surface area (Å²) in [5.74, 6) is -0.321. The van der Waals surface area contributed by atoms with Crippen LogP contribution >= 0.6 is 11.8 Å². The molecule has 0 saturated carbocycles. The second-order valence-corrected chi connectivity index (χ2v) is 7.83. The molecular formula is C22H24N2O5S. The Morgan fingerprint density at radius 1 is 1.20 bits per heavy atom. The minimum Gasteiger partial charge on any atom is -0.494 e. The summed E-state index contributed by atoms with van der Waals surface area (Å²) in [6.45, 7) is 7.95. The molecule has 0 unspecified atom stereocenters. The van der Waals surface area contributed by atoms with Gasteiger partial charge in [-0.1, -0.05) is 0 Å². The molecule has 1 aromatic heterocycles. The summed E-state index contributed by atoms with van der Waals surface area (Å²) in [5, 5.41) is -0.482. The maximum Gasteiger partial charge on any atom is 0.328 e. The van der Waals surface area contributed by atoms with Gasteiger partial charge in [0.1, 0.15) is 11.8 Å². The highest BCUT2D eigenvalue weighted by Gasteiger charge is 2.41. The highest BCUT2D eigenvalue weighted by molar-refractivity contribution is 8.18. The quantitative estimate of drug-likeness (QED) is 0.509. The van der Waals surface area contributed by atoms with Crippen LogP contribution in [0.3, 0.4) is 0 Å². The van der Waals surface area contributed by atoms with Gasteiger partial charge in [-0.05, 0) is 81.4 Å². The Labute approximate surface area is 179 Å². The van der Waals surface area contributed by atoms with Gasteiger partial charge in [-0.15, -0.1) is 0 Å². The molecule has 30 heavy (non-hydrogen) atoms. The monoisotopic (exact) mass is 428 g/mol. The van der Waals surface area contributed by atoms with Gasteiger partial charge in [-0.3, -0.25) is 14.5 Å². The lowest BCUT2D eigenvalue weighted by Crippen LogP contribution is -2.42. The lowest BCUT2D eigenvalue weighted by atomic mass is 10.2. The van der Waals surface area contributed by atoms with Crippen LogP contribution in [0.15, 0.2) is 35.2 Å². The predicted molar refractivity (Wildman–Crippen MR) is 116 cm³/mol. The van der Waals surface area contributed by atoms with E-state index in [9.17, 15) is 14.4 Å². The number of carbonyl (C=O) groups is 3. The highest BCUT2D eigenvalue weighted by Crippen LogP contribution is 2.35. The number of amides is 2. The van der Waals surface area contributed by atoms with Crippen LogP contribution in [0.1, 0.15) is 30.8 Å². The zero-order chi connectivity index (χ0) is 22.0. The Morgan fingerprint density at radius 2 is 1.87 bits per heavy atom. The third-order valence-electron chi connectivity index (χ3n) is 4.92. The largest absolute Gasteiger partial charge is 0.494 e. The highest BCUT2D eigenvalue weighted by atomic mass is 32.2. The minimum absolute atomic E-state index is 0.280. The van der Waals surface area contributed by atoms with E-state index in [4.69, 9.17) is 4.74 Å². The Morgan fingerprint density at radius 3 is 2.47 bits per heavy atom. The van der Waals surface area contributed by atoms with E-state index in [-0.39, 0.29) is 4.91 Å². The van der Waals surface area contributed by atoms with Gasteiger partial charge in [0.2, 0.25) is 0 Å².